The van der Waals surface area contributed by atoms with Crippen LogP contribution in [0.25, 0.3) is 0 Å². The molecule has 0 saturated heterocycles. The van der Waals surface area contributed by atoms with Crippen molar-refractivity contribution in [2.45, 2.75) is 19.4 Å². The predicted molar refractivity (Wildman–Crippen MR) is 110 cm³/mol. The SMILES string of the molecule is CC(NC(=O)c1ccc(NCCc2cccc(Cl)c2)nc1)c1ccccc1. The summed E-state index contributed by atoms with van der Waals surface area (Å²) in [4.78, 5) is 16.7. The zero-order valence-corrected chi connectivity index (χ0v) is 15.9. The van der Waals surface area contributed by atoms with Crippen molar-refractivity contribution < 1.29 is 4.79 Å². The summed E-state index contributed by atoms with van der Waals surface area (Å²) in [6.07, 6.45) is 2.44. The highest BCUT2D eigenvalue weighted by atomic mass is 35.5. The van der Waals surface area contributed by atoms with Crippen LogP contribution in [0.4, 0.5) is 5.82 Å². The predicted octanol–water partition coefficient (Wildman–Crippen LogP) is 4.88. The maximum atomic E-state index is 12.4. The number of halogens is 1. The Balaban J connectivity index is 1.51. The third-order valence-corrected chi connectivity index (χ3v) is 4.52. The Hall–Kier alpha value is -2.85. The standard InChI is InChI=1S/C22H22ClN3O/c1-16(18-7-3-2-4-8-18)26-22(27)19-10-11-21(25-15-19)24-13-12-17-6-5-9-20(23)14-17/h2-11,14-16H,12-13H2,1H3,(H,24,25)(H,26,27). The van der Waals surface area contributed by atoms with E-state index >= 15 is 0 Å². The maximum absolute atomic E-state index is 12.4. The first-order valence-corrected chi connectivity index (χ1v) is 9.30. The molecule has 0 fully saturated rings. The van der Waals surface area contributed by atoms with Crippen molar-refractivity contribution in [2.75, 3.05) is 11.9 Å². The van der Waals surface area contributed by atoms with Gasteiger partial charge in [-0.25, -0.2) is 4.98 Å². The van der Waals surface area contributed by atoms with Crippen LogP contribution in [0, 0.1) is 0 Å². The van der Waals surface area contributed by atoms with Gasteiger partial charge in [0.25, 0.3) is 5.91 Å². The number of aromatic nitrogens is 1. The lowest BCUT2D eigenvalue weighted by atomic mass is 10.1. The fourth-order valence-electron chi connectivity index (χ4n) is 2.77. The number of pyridine rings is 1. The van der Waals surface area contributed by atoms with Crippen LogP contribution in [0.2, 0.25) is 5.02 Å². The Labute approximate surface area is 164 Å². The molecule has 0 bridgehead atoms. The number of hydrogen-bond acceptors (Lipinski definition) is 3. The molecule has 0 saturated carbocycles. The Morgan fingerprint density at radius 2 is 1.89 bits per heavy atom. The van der Waals surface area contributed by atoms with Gasteiger partial charge in [0.2, 0.25) is 0 Å². The highest BCUT2D eigenvalue weighted by molar-refractivity contribution is 6.30. The molecule has 27 heavy (non-hydrogen) atoms. The van der Waals surface area contributed by atoms with Gasteiger partial charge in [0.1, 0.15) is 5.82 Å². The number of nitrogens with zero attached hydrogens (tertiary/aromatic N) is 1. The first-order chi connectivity index (χ1) is 13.1. The number of nitrogens with one attached hydrogen (secondary N) is 2. The van der Waals surface area contributed by atoms with Gasteiger partial charge in [0, 0.05) is 17.8 Å². The molecular weight excluding hydrogens is 358 g/mol. The average molecular weight is 380 g/mol. The first-order valence-electron chi connectivity index (χ1n) is 8.92. The highest BCUT2D eigenvalue weighted by Gasteiger charge is 2.11. The number of benzene rings is 2. The van der Waals surface area contributed by atoms with E-state index in [2.05, 4.69) is 15.6 Å². The molecule has 138 valence electrons. The zero-order chi connectivity index (χ0) is 19.1. The van der Waals surface area contributed by atoms with Crippen LogP contribution >= 0.6 is 11.6 Å². The summed E-state index contributed by atoms with van der Waals surface area (Å²) in [6.45, 7) is 2.70. The van der Waals surface area contributed by atoms with Crippen molar-refractivity contribution in [3.05, 3.63) is 94.6 Å². The molecule has 1 amide bonds. The van der Waals surface area contributed by atoms with Crippen LogP contribution in [-0.2, 0) is 6.42 Å². The molecule has 0 aliphatic rings. The van der Waals surface area contributed by atoms with Gasteiger partial charge in [-0.05, 0) is 48.7 Å². The quantitative estimate of drug-likeness (QED) is 0.615. The topological polar surface area (TPSA) is 54.0 Å². The minimum absolute atomic E-state index is 0.0609. The normalized spacial score (nSPS) is 11.6. The maximum Gasteiger partial charge on any atom is 0.253 e. The number of carbonyl (C=O) groups excluding carboxylic acids is 1. The number of rotatable bonds is 7. The second-order valence-electron chi connectivity index (χ2n) is 6.34. The van der Waals surface area contributed by atoms with Gasteiger partial charge in [-0.2, -0.15) is 0 Å². The molecule has 4 nitrogen and oxygen atoms in total. The van der Waals surface area contributed by atoms with Crippen LogP contribution in [0.5, 0.6) is 0 Å². The Morgan fingerprint density at radius 3 is 2.59 bits per heavy atom. The molecular formula is C22H22ClN3O. The summed E-state index contributed by atoms with van der Waals surface area (Å²) in [5.74, 6) is 0.606. The summed E-state index contributed by atoms with van der Waals surface area (Å²) < 4.78 is 0. The van der Waals surface area contributed by atoms with Crippen molar-refractivity contribution >= 4 is 23.3 Å². The number of anilines is 1. The van der Waals surface area contributed by atoms with Crippen LogP contribution in [-0.4, -0.2) is 17.4 Å². The summed E-state index contributed by atoms with van der Waals surface area (Å²) in [6, 6.07) is 21.2. The largest absolute Gasteiger partial charge is 0.370 e. The molecule has 0 aliphatic heterocycles. The lowest BCUT2D eigenvalue weighted by Crippen LogP contribution is -2.26. The van der Waals surface area contributed by atoms with E-state index in [-0.39, 0.29) is 11.9 Å². The Kier molecular flexibility index (Phi) is 6.44. The van der Waals surface area contributed by atoms with Crippen molar-refractivity contribution in [3.63, 3.8) is 0 Å². The van der Waals surface area contributed by atoms with Gasteiger partial charge in [0.05, 0.1) is 11.6 Å². The molecule has 0 spiro atoms. The molecule has 0 radical (unpaired) electrons. The third-order valence-electron chi connectivity index (χ3n) is 4.28. The van der Waals surface area contributed by atoms with Gasteiger partial charge < -0.3 is 10.6 Å². The monoisotopic (exact) mass is 379 g/mol. The molecule has 1 heterocycles. The molecule has 5 heteroatoms. The molecule has 0 aliphatic carbocycles. The second kappa shape index (κ2) is 9.19. The third kappa shape index (κ3) is 5.56. The van der Waals surface area contributed by atoms with E-state index in [1.54, 1.807) is 12.3 Å². The molecule has 1 aromatic heterocycles. The first kappa shape index (κ1) is 18.9. The van der Waals surface area contributed by atoms with Gasteiger partial charge >= 0.3 is 0 Å². The van der Waals surface area contributed by atoms with E-state index in [1.165, 1.54) is 5.56 Å². The fraction of sp³-hybridized carbons (Fsp3) is 0.182. The van der Waals surface area contributed by atoms with Crippen molar-refractivity contribution in [1.29, 1.82) is 0 Å². The zero-order valence-electron chi connectivity index (χ0n) is 15.2. The Bertz CT molecular complexity index is 882. The lowest BCUT2D eigenvalue weighted by molar-refractivity contribution is 0.0939. The van der Waals surface area contributed by atoms with Crippen LogP contribution in [0.15, 0.2) is 72.9 Å². The molecule has 2 aromatic carbocycles. The lowest BCUT2D eigenvalue weighted by Gasteiger charge is -2.14. The van der Waals surface area contributed by atoms with E-state index in [9.17, 15) is 4.79 Å². The number of amides is 1. The number of carbonyl (C=O) groups is 1. The van der Waals surface area contributed by atoms with Gasteiger partial charge in [0.15, 0.2) is 0 Å². The van der Waals surface area contributed by atoms with Gasteiger partial charge in [-0.1, -0.05) is 54.1 Å². The molecule has 3 aromatic rings. The fourth-order valence-corrected chi connectivity index (χ4v) is 2.98. The van der Waals surface area contributed by atoms with E-state index in [1.807, 2.05) is 67.6 Å². The minimum atomic E-state index is -0.135. The van der Waals surface area contributed by atoms with Crippen LogP contribution in [0.1, 0.15) is 34.5 Å². The summed E-state index contributed by atoms with van der Waals surface area (Å²) in [5.41, 5.74) is 2.78. The van der Waals surface area contributed by atoms with E-state index < -0.39 is 0 Å². The average Bonchev–Trinajstić information content (AvgIpc) is 2.69. The smallest absolute Gasteiger partial charge is 0.253 e. The molecule has 3 rings (SSSR count). The second-order valence-corrected chi connectivity index (χ2v) is 6.78. The van der Waals surface area contributed by atoms with Crippen molar-refractivity contribution in [2.24, 2.45) is 0 Å². The van der Waals surface area contributed by atoms with E-state index in [0.29, 0.717) is 5.56 Å². The highest BCUT2D eigenvalue weighted by Crippen LogP contribution is 2.14. The molecule has 1 atom stereocenters. The summed E-state index contributed by atoms with van der Waals surface area (Å²) in [5, 5.41) is 6.99. The van der Waals surface area contributed by atoms with Crippen molar-refractivity contribution in [3.8, 4) is 0 Å². The molecule has 2 N–H and O–H groups in total. The van der Waals surface area contributed by atoms with Gasteiger partial charge in [-0.3, -0.25) is 4.79 Å². The molecule has 1 unspecified atom stereocenters. The van der Waals surface area contributed by atoms with E-state index in [4.69, 9.17) is 11.6 Å². The summed E-state index contributed by atoms with van der Waals surface area (Å²) >= 11 is 5.99. The summed E-state index contributed by atoms with van der Waals surface area (Å²) in [7, 11) is 0. The minimum Gasteiger partial charge on any atom is -0.370 e. The number of hydrogen-bond donors (Lipinski definition) is 2. The van der Waals surface area contributed by atoms with Crippen LogP contribution in [0.3, 0.4) is 0 Å². The van der Waals surface area contributed by atoms with E-state index in [0.717, 1.165) is 29.4 Å². The van der Waals surface area contributed by atoms with Gasteiger partial charge in [-0.15, -0.1) is 0 Å². The Morgan fingerprint density at radius 1 is 1.07 bits per heavy atom. The van der Waals surface area contributed by atoms with Crippen molar-refractivity contribution in [1.82, 2.24) is 10.3 Å². The van der Waals surface area contributed by atoms with Crippen LogP contribution < -0.4 is 10.6 Å².